The molecule has 4 aromatic rings. The van der Waals surface area contributed by atoms with Gasteiger partial charge in [-0.1, -0.05) is 42.1 Å². The molecule has 0 fully saturated rings. The number of para-hydroxylation sites is 1. The Hall–Kier alpha value is -3.19. The first-order valence-corrected chi connectivity index (χ1v) is 9.36. The van der Waals surface area contributed by atoms with Crippen LogP contribution in [0.5, 0.6) is 5.75 Å². The second-order valence-corrected chi connectivity index (χ2v) is 6.65. The number of hydrogen-bond donors (Lipinski definition) is 0. The Morgan fingerprint density at radius 1 is 0.963 bits per heavy atom. The van der Waals surface area contributed by atoms with Crippen molar-refractivity contribution in [1.29, 1.82) is 0 Å². The maximum atomic E-state index is 5.22. The van der Waals surface area contributed by atoms with Crippen molar-refractivity contribution in [2.24, 2.45) is 0 Å². The van der Waals surface area contributed by atoms with Crippen LogP contribution in [0.25, 0.3) is 17.2 Å². The van der Waals surface area contributed by atoms with E-state index in [1.807, 2.05) is 47.0 Å². The van der Waals surface area contributed by atoms with E-state index in [4.69, 9.17) is 4.74 Å². The van der Waals surface area contributed by atoms with Gasteiger partial charge in [0.1, 0.15) is 11.4 Å². The molecule has 7 heteroatoms. The quantitative estimate of drug-likeness (QED) is 0.474. The van der Waals surface area contributed by atoms with E-state index in [9.17, 15) is 0 Å². The van der Waals surface area contributed by atoms with Crippen molar-refractivity contribution in [3.63, 3.8) is 0 Å². The molecule has 134 valence electrons. The summed E-state index contributed by atoms with van der Waals surface area (Å²) in [5.74, 6) is 2.29. The smallest absolute Gasteiger partial charge is 0.196 e. The number of aromatic nitrogens is 5. The number of nitrogens with zero attached hydrogens (tertiary/aromatic N) is 5. The molecule has 0 saturated heterocycles. The zero-order valence-corrected chi connectivity index (χ0v) is 15.5. The van der Waals surface area contributed by atoms with Crippen LogP contribution in [0.3, 0.4) is 0 Å². The van der Waals surface area contributed by atoms with Crippen LogP contribution in [0, 0.1) is 0 Å². The molecule has 6 nitrogen and oxygen atoms in total. The second kappa shape index (κ2) is 8.01. The van der Waals surface area contributed by atoms with Gasteiger partial charge in [-0.05, 0) is 29.8 Å². The molecule has 0 unspecified atom stereocenters. The first kappa shape index (κ1) is 17.2. The van der Waals surface area contributed by atoms with Gasteiger partial charge < -0.3 is 4.74 Å². The minimum atomic E-state index is 0.673. The first-order valence-electron chi connectivity index (χ1n) is 8.38. The van der Waals surface area contributed by atoms with Gasteiger partial charge in [-0.25, -0.2) is 4.98 Å². The molecule has 0 aliphatic heterocycles. The van der Waals surface area contributed by atoms with E-state index in [1.54, 1.807) is 37.5 Å². The molecule has 0 N–H and O–H groups in total. The fourth-order valence-electron chi connectivity index (χ4n) is 2.62. The Bertz CT molecular complexity index is 1000. The van der Waals surface area contributed by atoms with Crippen LogP contribution in [0.1, 0.15) is 5.56 Å². The second-order valence-electron chi connectivity index (χ2n) is 5.70. The molecule has 0 aliphatic carbocycles. The van der Waals surface area contributed by atoms with Gasteiger partial charge in [0.15, 0.2) is 11.0 Å². The Morgan fingerprint density at radius 2 is 1.78 bits per heavy atom. The highest BCUT2D eigenvalue weighted by Crippen LogP contribution is 2.29. The topological polar surface area (TPSA) is 65.7 Å². The van der Waals surface area contributed by atoms with E-state index >= 15 is 0 Å². The molecule has 0 spiro atoms. The molecule has 2 aromatic heterocycles. The van der Waals surface area contributed by atoms with Crippen molar-refractivity contribution in [3.8, 4) is 23.0 Å². The van der Waals surface area contributed by atoms with Gasteiger partial charge in [0.25, 0.3) is 0 Å². The monoisotopic (exact) mass is 375 g/mol. The van der Waals surface area contributed by atoms with Gasteiger partial charge in [-0.15, -0.1) is 10.2 Å². The normalized spacial score (nSPS) is 10.7. The highest BCUT2D eigenvalue weighted by atomic mass is 32.2. The summed E-state index contributed by atoms with van der Waals surface area (Å²) in [6, 6.07) is 18.1. The van der Waals surface area contributed by atoms with E-state index in [0.29, 0.717) is 11.5 Å². The van der Waals surface area contributed by atoms with Crippen molar-refractivity contribution < 1.29 is 4.74 Å². The van der Waals surface area contributed by atoms with Gasteiger partial charge in [-0.3, -0.25) is 9.55 Å². The highest BCUT2D eigenvalue weighted by Gasteiger charge is 2.17. The van der Waals surface area contributed by atoms with E-state index in [2.05, 4.69) is 32.3 Å². The number of ether oxygens (including phenoxy) is 1. The molecule has 0 atom stereocenters. The fourth-order valence-corrected chi connectivity index (χ4v) is 3.53. The summed E-state index contributed by atoms with van der Waals surface area (Å²) in [5.41, 5.74) is 2.86. The minimum Gasteiger partial charge on any atom is -0.497 e. The summed E-state index contributed by atoms with van der Waals surface area (Å²) >= 11 is 1.62. The third-order valence-electron chi connectivity index (χ3n) is 3.97. The maximum Gasteiger partial charge on any atom is 0.196 e. The Labute approximate surface area is 161 Å². The van der Waals surface area contributed by atoms with Crippen molar-refractivity contribution in [2.75, 3.05) is 7.11 Å². The fraction of sp³-hybridized carbons (Fsp3) is 0.100. The van der Waals surface area contributed by atoms with Gasteiger partial charge in [-0.2, -0.15) is 0 Å². The van der Waals surface area contributed by atoms with Crippen molar-refractivity contribution in [3.05, 3.63) is 78.8 Å². The predicted octanol–water partition coefficient (Wildman–Crippen LogP) is 4.03. The largest absolute Gasteiger partial charge is 0.497 e. The first-order chi connectivity index (χ1) is 13.3. The number of thioether (sulfide) groups is 1. The summed E-state index contributed by atoms with van der Waals surface area (Å²) in [6.45, 7) is 0. The highest BCUT2D eigenvalue weighted by molar-refractivity contribution is 7.98. The standard InChI is InChI=1S/C20H17N5OS/c1-26-17-9-7-15(8-10-17)14-27-20-24-23-19(18-13-21-11-12-22-18)25(20)16-5-3-2-4-6-16/h2-13H,14H2,1H3. The lowest BCUT2D eigenvalue weighted by atomic mass is 10.2. The SMILES string of the molecule is COc1ccc(CSc2nnc(-c3cnccn3)n2-c2ccccc2)cc1. The molecule has 0 saturated carbocycles. The average molecular weight is 375 g/mol. The third-order valence-corrected chi connectivity index (χ3v) is 4.97. The minimum absolute atomic E-state index is 0.673. The van der Waals surface area contributed by atoms with Crippen LogP contribution in [0.2, 0.25) is 0 Å². The molecule has 0 radical (unpaired) electrons. The molecule has 0 aliphatic rings. The molecule has 0 bridgehead atoms. The molecule has 4 rings (SSSR count). The zero-order chi connectivity index (χ0) is 18.5. The predicted molar refractivity (Wildman–Crippen MR) is 105 cm³/mol. The van der Waals surface area contributed by atoms with Crippen LogP contribution in [-0.2, 0) is 5.75 Å². The molecular formula is C20H17N5OS. The van der Waals surface area contributed by atoms with Crippen LogP contribution in [-0.4, -0.2) is 31.8 Å². The van der Waals surface area contributed by atoms with Crippen molar-refractivity contribution in [2.45, 2.75) is 10.9 Å². The Morgan fingerprint density at radius 3 is 2.48 bits per heavy atom. The van der Waals surface area contributed by atoms with Crippen LogP contribution in [0.15, 0.2) is 78.3 Å². The van der Waals surface area contributed by atoms with Crippen LogP contribution in [0.4, 0.5) is 0 Å². The number of methoxy groups -OCH3 is 1. The van der Waals surface area contributed by atoms with Crippen LogP contribution < -0.4 is 4.74 Å². The zero-order valence-electron chi connectivity index (χ0n) is 14.7. The Balaban J connectivity index is 1.67. The number of hydrogen-bond acceptors (Lipinski definition) is 6. The summed E-state index contributed by atoms with van der Waals surface area (Å²) in [7, 11) is 1.67. The number of rotatable bonds is 6. The lowest BCUT2D eigenvalue weighted by Crippen LogP contribution is -2.00. The number of benzene rings is 2. The lowest BCUT2D eigenvalue weighted by molar-refractivity contribution is 0.414. The molecule has 0 amide bonds. The lowest BCUT2D eigenvalue weighted by Gasteiger charge is -2.10. The molecule has 2 heterocycles. The van der Waals surface area contributed by atoms with Crippen LogP contribution >= 0.6 is 11.8 Å². The summed E-state index contributed by atoms with van der Waals surface area (Å²) in [6.07, 6.45) is 5.00. The van der Waals surface area contributed by atoms with Gasteiger partial charge in [0.2, 0.25) is 0 Å². The summed E-state index contributed by atoms with van der Waals surface area (Å²) in [5, 5.41) is 9.58. The average Bonchev–Trinajstić information content (AvgIpc) is 3.18. The van der Waals surface area contributed by atoms with E-state index < -0.39 is 0 Å². The summed E-state index contributed by atoms with van der Waals surface area (Å²) < 4.78 is 7.23. The summed E-state index contributed by atoms with van der Waals surface area (Å²) in [4.78, 5) is 8.53. The maximum absolute atomic E-state index is 5.22. The van der Waals surface area contributed by atoms with Gasteiger partial charge in [0.05, 0.1) is 13.3 Å². The van der Waals surface area contributed by atoms with E-state index in [-0.39, 0.29) is 0 Å². The molecule has 2 aromatic carbocycles. The van der Waals surface area contributed by atoms with Gasteiger partial charge >= 0.3 is 0 Å². The molecule has 27 heavy (non-hydrogen) atoms. The molecular weight excluding hydrogens is 358 g/mol. The van der Waals surface area contributed by atoms with E-state index in [0.717, 1.165) is 22.3 Å². The Kier molecular flexibility index (Phi) is 5.11. The van der Waals surface area contributed by atoms with Crippen molar-refractivity contribution >= 4 is 11.8 Å². The van der Waals surface area contributed by atoms with Gasteiger partial charge in [0, 0.05) is 23.8 Å². The van der Waals surface area contributed by atoms with Crippen molar-refractivity contribution in [1.82, 2.24) is 24.7 Å². The van der Waals surface area contributed by atoms with E-state index in [1.165, 1.54) is 5.56 Å². The third kappa shape index (κ3) is 3.83.